The second-order valence-corrected chi connectivity index (χ2v) is 6.89. The van der Waals surface area contributed by atoms with E-state index < -0.39 is 17.7 Å². The number of carbonyl (C=O) groups excluding carboxylic acids is 3. The van der Waals surface area contributed by atoms with E-state index in [0.717, 1.165) is 10.0 Å². The van der Waals surface area contributed by atoms with Gasteiger partial charge in [0, 0.05) is 15.2 Å². The summed E-state index contributed by atoms with van der Waals surface area (Å²) in [4.78, 5) is 35.5. The maximum absolute atomic E-state index is 11.9. The average Bonchev–Trinajstić information content (AvgIpc) is 2.62. The van der Waals surface area contributed by atoms with Gasteiger partial charge in [0.1, 0.15) is 5.75 Å². The predicted molar refractivity (Wildman–Crippen MR) is 105 cm³/mol. The molecule has 0 spiro atoms. The number of hydrazine groups is 1. The van der Waals surface area contributed by atoms with Gasteiger partial charge in [-0.3, -0.25) is 25.2 Å². The van der Waals surface area contributed by atoms with Crippen LogP contribution in [0.3, 0.4) is 0 Å². The molecule has 0 aromatic heterocycles. The third-order valence-corrected chi connectivity index (χ3v) is 4.44. The van der Waals surface area contributed by atoms with Crippen molar-refractivity contribution in [1.82, 2.24) is 10.9 Å². The standard InChI is InChI=1S/C18H17BrClN3O4/c1-10-8-12(19)6-7-15(10)27-9-16(24)22-23-18(26)17(25)21-14-5-3-4-13(20)11(14)2/h3-8H,9H2,1-2H3,(H,21,25)(H,22,24)(H,23,26). The van der Waals surface area contributed by atoms with Crippen LogP contribution in [0.2, 0.25) is 5.02 Å². The Hall–Kier alpha value is -2.58. The van der Waals surface area contributed by atoms with E-state index in [9.17, 15) is 14.4 Å². The van der Waals surface area contributed by atoms with Gasteiger partial charge in [-0.25, -0.2) is 0 Å². The molecular formula is C18H17BrClN3O4. The molecule has 0 heterocycles. The summed E-state index contributed by atoms with van der Waals surface area (Å²) < 4.78 is 6.27. The van der Waals surface area contributed by atoms with Crippen molar-refractivity contribution in [3.05, 3.63) is 57.0 Å². The third kappa shape index (κ3) is 5.97. The molecule has 9 heteroatoms. The lowest BCUT2D eigenvalue weighted by Gasteiger charge is -2.11. The summed E-state index contributed by atoms with van der Waals surface area (Å²) in [5, 5.41) is 2.88. The summed E-state index contributed by atoms with van der Waals surface area (Å²) in [5.74, 6) is -2.04. The molecule has 0 saturated heterocycles. The predicted octanol–water partition coefficient (Wildman–Crippen LogP) is 2.88. The second kappa shape index (κ2) is 9.38. The van der Waals surface area contributed by atoms with Crippen LogP contribution in [-0.4, -0.2) is 24.3 Å². The van der Waals surface area contributed by atoms with E-state index in [4.69, 9.17) is 16.3 Å². The molecule has 0 aliphatic rings. The highest BCUT2D eigenvalue weighted by Gasteiger charge is 2.16. The molecule has 0 aliphatic carbocycles. The normalized spacial score (nSPS) is 10.1. The molecule has 0 atom stereocenters. The molecular weight excluding hydrogens is 438 g/mol. The molecule has 0 fully saturated rings. The van der Waals surface area contributed by atoms with Gasteiger partial charge in [-0.1, -0.05) is 33.6 Å². The third-order valence-electron chi connectivity index (χ3n) is 3.53. The topological polar surface area (TPSA) is 96.5 Å². The summed E-state index contributed by atoms with van der Waals surface area (Å²) in [6.07, 6.45) is 0. The van der Waals surface area contributed by atoms with E-state index in [1.54, 1.807) is 37.3 Å². The Kier molecular flexibility index (Phi) is 7.20. The number of nitrogens with one attached hydrogen (secondary N) is 3. The number of benzene rings is 2. The van der Waals surface area contributed by atoms with Gasteiger partial charge in [0.25, 0.3) is 5.91 Å². The number of hydrogen-bond acceptors (Lipinski definition) is 4. The summed E-state index contributed by atoms with van der Waals surface area (Å²) in [7, 11) is 0. The Morgan fingerprint density at radius 3 is 2.52 bits per heavy atom. The molecule has 0 radical (unpaired) electrons. The van der Waals surface area contributed by atoms with Crippen LogP contribution in [-0.2, 0) is 14.4 Å². The highest BCUT2D eigenvalue weighted by atomic mass is 79.9. The quantitative estimate of drug-likeness (QED) is 0.489. The fourth-order valence-electron chi connectivity index (χ4n) is 2.06. The monoisotopic (exact) mass is 453 g/mol. The van der Waals surface area contributed by atoms with Crippen molar-refractivity contribution < 1.29 is 19.1 Å². The highest BCUT2D eigenvalue weighted by Crippen LogP contribution is 2.23. The van der Waals surface area contributed by atoms with Crippen molar-refractivity contribution >= 4 is 50.9 Å². The van der Waals surface area contributed by atoms with E-state index in [0.29, 0.717) is 22.0 Å². The maximum Gasteiger partial charge on any atom is 0.328 e. The minimum absolute atomic E-state index is 0.322. The average molecular weight is 455 g/mol. The van der Waals surface area contributed by atoms with Crippen molar-refractivity contribution in [3.63, 3.8) is 0 Å². The summed E-state index contributed by atoms with van der Waals surface area (Å²) in [6, 6.07) is 10.3. The Labute approximate surface area is 169 Å². The van der Waals surface area contributed by atoms with Crippen molar-refractivity contribution in [2.24, 2.45) is 0 Å². The van der Waals surface area contributed by atoms with E-state index >= 15 is 0 Å². The van der Waals surface area contributed by atoms with Crippen molar-refractivity contribution in [2.45, 2.75) is 13.8 Å². The van der Waals surface area contributed by atoms with Crippen LogP contribution in [0.15, 0.2) is 40.9 Å². The molecule has 7 nitrogen and oxygen atoms in total. The lowest BCUT2D eigenvalue weighted by Crippen LogP contribution is -2.48. The first kappa shape index (κ1) is 20.7. The molecule has 0 aliphatic heterocycles. The largest absolute Gasteiger partial charge is 0.483 e. The van der Waals surface area contributed by atoms with Crippen LogP contribution in [0.5, 0.6) is 5.75 Å². The van der Waals surface area contributed by atoms with Crippen LogP contribution in [0.25, 0.3) is 0 Å². The Morgan fingerprint density at radius 1 is 1.07 bits per heavy atom. The first-order valence-corrected chi connectivity index (χ1v) is 8.99. The van der Waals surface area contributed by atoms with Gasteiger partial charge in [-0.15, -0.1) is 0 Å². The van der Waals surface area contributed by atoms with Gasteiger partial charge in [0.05, 0.1) is 0 Å². The van der Waals surface area contributed by atoms with Crippen LogP contribution in [0.1, 0.15) is 11.1 Å². The van der Waals surface area contributed by atoms with Gasteiger partial charge in [0.2, 0.25) is 0 Å². The van der Waals surface area contributed by atoms with Crippen molar-refractivity contribution in [2.75, 3.05) is 11.9 Å². The van der Waals surface area contributed by atoms with E-state index in [2.05, 4.69) is 26.7 Å². The SMILES string of the molecule is Cc1cc(Br)ccc1OCC(=O)NNC(=O)C(=O)Nc1cccc(Cl)c1C. The smallest absolute Gasteiger partial charge is 0.328 e. The Morgan fingerprint density at radius 2 is 1.81 bits per heavy atom. The molecule has 0 unspecified atom stereocenters. The van der Waals surface area contributed by atoms with Gasteiger partial charge in [-0.05, 0) is 55.3 Å². The van der Waals surface area contributed by atoms with E-state index in [1.165, 1.54) is 0 Å². The number of amides is 3. The number of halogens is 2. The first-order valence-electron chi connectivity index (χ1n) is 7.82. The summed E-state index contributed by atoms with van der Waals surface area (Å²) in [6.45, 7) is 3.22. The number of anilines is 1. The zero-order valence-electron chi connectivity index (χ0n) is 14.6. The van der Waals surface area contributed by atoms with Gasteiger partial charge in [-0.2, -0.15) is 0 Å². The number of hydrogen-bond donors (Lipinski definition) is 3. The molecule has 2 aromatic carbocycles. The van der Waals surface area contributed by atoms with Crippen LogP contribution in [0.4, 0.5) is 5.69 Å². The van der Waals surface area contributed by atoms with Crippen LogP contribution >= 0.6 is 27.5 Å². The molecule has 27 heavy (non-hydrogen) atoms. The molecule has 3 N–H and O–H groups in total. The molecule has 142 valence electrons. The van der Waals surface area contributed by atoms with Gasteiger partial charge < -0.3 is 10.1 Å². The van der Waals surface area contributed by atoms with Crippen molar-refractivity contribution in [1.29, 1.82) is 0 Å². The lowest BCUT2D eigenvalue weighted by atomic mass is 10.2. The molecule has 0 saturated carbocycles. The van der Waals surface area contributed by atoms with Gasteiger partial charge in [0.15, 0.2) is 6.61 Å². The molecule has 2 aromatic rings. The highest BCUT2D eigenvalue weighted by molar-refractivity contribution is 9.10. The Balaban J connectivity index is 1.81. The molecule has 3 amide bonds. The zero-order valence-corrected chi connectivity index (χ0v) is 16.9. The number of ether oxygens (including phenoxy) is 1. The number of aryl methyl sites for hydroxylation is 1. The first-order chi connectivity index (χ1) is 12.8. The molecule has 0 bridgehead atoms. The second-order valence-electron chi connectivity index (χ2n) is 5.57. The van der Waals surface area contributed by atoms with Crippen LogP contribution < -0.4 is 20.9 Å². The van der Waals surface area contributed by atoms with Gasteiger partial charge >= 0.3 is 11.8 Å². The minimum atomic E-state index is -1.03. The zero-order chi connectivity index (χ0) is 20.0. The maximum atomic E-state index is 11.9. The number of carbonyl (C=O) groups is 3. The lowest BCUT2D eigenvalue weighted by molar-refractivity contribution is -0.138. The molecule has 2 rings (SSSR count). The fourth-order valence-corrected chi connectivity index (χ4v) is 2.71. The van der Waals surface area contributed by atoms with Crippen LogP contribution in [0, 0.1) is 13.8 Å². The minimum Gasteiger partial charge on any atom is -0.483 e. The van der Waals surface area contributed by atoms with E-state index in [-0.39, 0.29) is 6.61 Å². The number of rotatable bonds is 4. The van der Waals surface area contributed by atoms with Crippen molar-refractivity contribution in [3.8, 4) is 5.75 Å². The fraction of sp³-hybridized carbons (Fsp3) is 0.167. The van der Waals surface area contributed by atoms with E-state index in [1.807, 2.05) is 18.4 Å². The Bertz CT molecular complexity index is 889. The summed E-state index contributed by atoms with van der Waals surface area (Å²) >= 11 is 9.29. The summed E-state index contributed by atoms with van der Waals surface area (Å²) in [5.41, 5.74) is 6.02.